The van der Waals surface area contributed by atoms with Gasteiger partial charge in [-0.2, -0.15) is 0 Å². The van der Waals surface area contributed by atoms with Crippen molar-refractivity contribution in [1.29, 1.82) is 0 Å². The first-order valence-electron chi connectivity index (χ1n) is 6.43. The van der Waals surface area contributed by atoms with E-state index in [0.29, 0.717) is 29.2 Å². The average Bonchev–Trinajstić information content (AvgIpc) is 2.92. The fourth-order valence-corrected chi connectivity index (χ4v) is 2.24. The fourth-order valence-electron chi connectivity index (χ4n) is 2.11. The Hall–Kier alpha value is -1.33. The number of hydrogen-bond donors (Lipinski definition) is 1. The van der Waals surface area contributed by atoms with Crippen molar-refractivity contribution in [3.8, 4) is 11.5 Å². The summed E-state index contributed by atoms with van der Waals surface area (Å²) in [6.07, 6.45) is 3.51. The van der Waals surface area contributed by atoms with Crippen LogP contribution in [0.4, 0.5) is 0 Å². The third kappa shape index (κ3) is 3.81. The van der Waals surface area contributed by atoms with E-state index in [1.165, 1.54) is 0 Å². The van der Waals surface area contributed by atoms with Crippen LogP contribution in [0.3, 0.4) is 0 Å². The molecule has 1 aliphatic rings. The van der Waals surface area contributed by atoms with Crippen LogP contribution < -0.4 is 15.2 Å². The summed E-state index contributed by atoms with van der Waals surface area (Å²) in [6, 6.07) is 5.47. The molecule has 0 amide bonds. The number of benzene rings is 1. The maximum absolute atomic E-state index is 5.74. The SMILES string of the molecule is COc1cc(C(N)=S)ccc1OCCC1CCCO1. The molecular formula is C14H19NO3S. The van der Waals surface area contributed by atoms with Gasteiger partial charge in [0.1, 0.15) is 4.99 Å². The number of rotatable bonds is 6. The van der Waals surface area contributed by atoms with E-state index in [2.05, 4.69) is 0 Å². The highest BCUT2D eigenvalue weighted by Gasteiger charge is 2.15. The lowest BCUT2D eigenvalue weighted by atomic mass is 10.2. The second kappa shape index (κ2) is 6.73. The van der Waals surface area contributed by atoms with Gasteiger partial charge in [-0.25, -0.2) is 0 Å². The van der Waals surface area contributed by atoms with Gasteiger partial charge in [0.05, 0.1) is 19.8 Å². The standard InChI is InChI=1S/C14H19NO3S/c1-16-13-9-10(14(15)19)4-5-12(13)18-8-6-11-3-2-7-17-11/h4-5,9,11H,2-3,6-8H2,1H3,(H2,15,19). The van der Waals surface area contributed by atoms with Crippen LogP contribution >= 0.6 is 12.2 Å². The summed E-state index contributed by atoms with van der Waals surface area (Å²) < 4.78 is 16.6. The Morgan fingerprint density at radius 3 is 2.95 bits per heavy atom. The molecular weight excluding hydrogens is 262 g/mol. The molecule has 1 unspecified atom stereocenters. The highest BCUT2D eigenvalue weighted by molar-refractivity contribution is 7.80. The smallest absolute Gasteiger partial charge is 0.161 e. The molecule has 1 aromatic rings. The normalized spacial score (nSPS) is 18.3. The van der Waals surface area contributed by atoms with Gasteiger partial charge in [-0.15, -0.1) is 0 Å². The summed E-state index contributed by atoms with van der Waals surface area (Å²) in [6.45, 7) is 1.49. The van der Waals surface area contributed by atoms with E-state index in [0.717, 1.165) is 31.4 Å². The summed E-state index contributed by atoms with van der Waals surface area (Å²) in [5, 5.41) is 0. The number of thiocarbonyl (C=S) groups is 1. The van der Waals surface area contributed by atoms with Gasteiger partial charge in [-0.3, -0.25) is 0 Å². The van der Waals surface area contributed by atoms with Crippen molar-refractivity contribution in [2.45, 2.75) is 25.4 Å². The molecule has 0 saturated carbocycles. The van der Waals surface area contributed by atoms with E-state index in [9.17, 15) is 0 Å². The Morgan fingerprint density at radius 1 is 1.47 bits per heavy atom. The summed E-state index contributed by atoms with van der Waals surface area (Å²) in [4.78, 5) is 0.351. The summed E-state index contributed by atoms with van der Waals surface area (Å²) in [5.74, 6) is 1.36. The van der Waals surface area contributed by atoms with E-state index in [1.807, 2.05) is 12.1 Å². The molecule has 4 nitrogen and oxygen atoms in total. The monoisotopic (exact) mass is 281 g/mol. The van der Waals surface area contributed by atoms with Gasteiger partial charge in [-0.05, 0) is 31.0 Å². The zero-order valence-electron chi connectivity index (χ0n) is 11.1. The third-order valence-electron chi connectivity index (χ3n) is 3.17. The molecule has 1 atom stereocenters. The molecule has 1 aromatic carbocycles. The molecule has 0 aromatic heterocycles. The topological polar surface area (TPSA) is 53.7 Å². The molecule has 1 aliphatic heterocycles. The first-order valence-corrected chi connectivity index (χ1v) is 6.84. The maximum Gasteiger partial charge on any atom is 0.161 e. The van der Waals surface area contributed by atoms with E-state index in [1.54, 1.807) is 13.2 Å². The van der Waals surface area contributed by atoms with Crippen LogP contribution in [-0.4, -0.2) is 31.4 Å². The van der Waals surface area contributed by atoms with Crippen LogP contribution in [0.2, 0.25) is 0 Å². The predicted octanol–water partition coefficient (Wildman–Crippen LogP) is 2.28. The summed E-state index contributed by atoms with van der Waals surface area (Å²) >= 11 is 4.94. The molecule has 1 saturated heterocycles. The minimum Gasteiger partial charge on any atom is -0.493 e. The molecule has 2 N–H and O–H groups in total. The highest BCUT2D eigenvalue weighted by Crippen LogP contribution is 2.28. The van der Waals surface area contributed by atoms with Gasteiger partial charge in [0, 0.05) is 18.6 Å². The Morgan fingerprint density at radius 2 is 2.32 bits per heavy atom. The molecule has 19 heavy (non-hydrogen) atoms. The van der Waals surface area contributed by atoms with Gasteiger partial charge < -0.3 is 19.9 Å². The molecule has 0 bridgehead atoms. The number of ether oxygens (including phenoxy) is 3. The molecule has 1 heterocycles. The molecule has 0 spiro atoms. The van der Waals surface area contributed by atoms with Crippen LogP contribution in [0.5, 0.6) is 11.5 Å². The molecule has 5 heteroatoms. The van der Waals surface area contributed by atoms with E-state index < -0.39 is 0 Å². The van der Waals surface area contributed by atoms with Gasteiger partial charge in [-0.1, -0.05) is 12.2 Å². The number of hydrogen-bond acceptors (Lipinski definition) is 4. The molecule has 0 aliphatic carbocycles. The lowest BCUT2D eigenvalue weighted by Gasteiger charge is -2.13. The van der Waals surface area contributed by atoms with Crippen LogP contribution in [-0.2, 0) is 4.74 Å². The van der Waals surface area contributed by atoms with Crippen LogP contribution in [0.15, 0.2) is 18.2 Å². The lowest BCUT2D eigenvalue weighted by molar-refractivity contribution is 0.0899. The Kier molecular flexibility index (Phi) is 4.99. The molecule has 104 valence electrons. The third-order valence-corrected chi connectivity index (χ3v) is 3.41. The highest BCUT2D eigenvalue weighted by atomic mass is 32.1. The molecule has 0 radical (unpaired) electrons. The van der Waals surface area contributed by atoms with Crippen molar-refractivity contribution in [3.05, 3.63) is 23.8 Å². The lowest BCUT2D eigenvalue weighted by Crippen LogP contribution is -2.12. The van der Waals surface area contributed by atoms with Gasteiger partial charge >= 0.3 is 0 Å². The fraction of sp³-hybridized carbons (Fsp3) is 0.500. The van der Waals surface area contributed by atoms with E-state index in [4.69, 9.17) is 32.2 Å². The maximum atomic E-state index is 5.74. The second-order valence-corrected chi connectivity index (χ2v) is 4.94. The van der Waals surface area contributed by atoms with E-state index >= 15 is 0 Å². The van der Waals surface area contributed by atoms with Crippen LogP contribution in [0, 0.1) is 0 Å². The van der Waals surface area contributed by atoms with Crippen molar-refractivity contribution in [3.63, 3.8) is 0 Å². The Labute approximate surface area is 118 Å². The first-order chi connectivity index (χ1) is 9.20. The summed E-state index contributed by atoms with van der Waals surface area (Å²) in [7, 11) is 1.60. The van der Waals surface area contributed by atoms with Crippen LogP contribution in [0.1, 0.15) is 24.8 Å². The molecule has 1 fully saturated rings. The second-order valence-electron chi connectivity index (χ2n) is 4.50. The minimum atomic E-state index is 0.335. The van der Waals surface area contributed by atoms with Crippen molar-refractivity contribution in [1.82, 2.24) is 0 Å². The van der Waals surface area contributed by atoms with Crippen molar-refractivity contribution in [2.75, 3.05) is 20.3 Å². The zero-order chi connectivity index (χ0) is 13.7. The largest absolute Gasteiger partial charge is 0.493 e. The van der Waals surface area contributed by atoms with Gasteiger partial charge in [0.25, 0.3) is 0 Å². The van der Waals surface area contributed by atoms with Crippen molar-refractivity contribution < 1.29 is 14.2 Å². The van der Waals surface area contributed by atoms with Gasteiger partial charge in [0.2, 0.25) is 0 Å². The zero-order valence-corrected chi connectivity index (χ0v) is 11.9. The van der Waals surface area contributed by atoms with E-state index in [-0.39, 0.29) is 0 Å². The predicted molar refractivity (Wildman–Crippen MR) is 78.0 cm³/mol. The van der Waals surface area contributed by atoms with Crippen molar-refractivity contribution >= 4 is 17.2 Å². The summed E-state index contributed by atoms with van der Waals surface area (Å²) in [5.41, 5.74) is 6.37. The van der Waals surface area contributed by atoms with Crippen molar-refractivity contribution in [2.24, 2.45) is 5.73 Å². The minimum absolute atomic E-state index is 0.335. The first kappa shape index (κ1) is 14.1. The quantitative estimate of drug-likeness (QED) is 0.811. The average molecular weight is 281 g/mol. The molecule has 2 rings (SSSR count). The van der Waals surface area contributed by atoms with Gasteiger partial charge in [0.15, 0.2) is 11.5 Å². The number of nitrogens with two attached hydrogens (primary N) is 1. The van der Waals surface area contributed by atoms with Crippen LogP contribution in [0.25, 0.3) is 0 Å². The Balaban J connectivity index is 1.93. The Bertz CT molecular complexity index is 444. The number of methoxy groups -OCH3 is 1.